The molecule has 0 radical (unpaired) electrons. The summed E-state index contributed by atoms with van der Waals surface area (Å²) in [6.07, 6.45) is 0. The molecule has 0 unspecified atom stereocenters. The first-order valence-corrected chi connectivity index (χ1v) is 7.45. The predicted molar refractivity (Wildman–Crippen MR) is 88.0 cm³/mol. The monoisotopic (exact) mass is 333 g/mol. The summed E-state index contributed by atoms with van der Waals surface area (Å²) in [5.41, 5.74) is 3.59. The van der Waals surface area contributed by atoms with Gasteiger partial charge in [0.2, 0.25) is 0 Å². The zero-order chi connectivity index (χ0) is 14.5. The summed E-state index contributed by atoms with van der Waals surface area (Å²) in [5, 5.41) is 3.18. The number of aromatic nitrogens is 1. The fraction of sp³-hybridized carbons (Fsp3) is 0.312. The van der Waals surface area contributed by atoms with Crippen LogP contribution in [-0.4, -0.2) is 19.1 Å². The molecule has 0 saturated heterocycles. The van der Waals surface area contributed by atoms with E-state index < -0.39 is 0 Å². The van der Waals surface area contributed by atoms with Crippen LogP contribution in [-0.2, 0) is 13.1 Å². The molecular formula is C16H20BrN3. The third kappa shape index (κ3) is 4.05. The van der Waals surface area contributed by atoms with Gasteiger partial charge in [0.1, 0.15) is 5.82 Å². The van der Waals surface area contributed by atoms with Gasteiger partial charge in [-0.15, -0.1) is 0 Å². The van der Waals surface area contributed by atoms with Crippen molar-refractivity contribution in [1.82, 2.24) is 10.3 Å². The van der Waals surface area contributed by atoms with Crippen LogP contribution in [0.2, 0.25) is 0 Å². The van der Waals surface area contributed by atoms with Crippen LogP contribution in [0.3, 0.4) is 0 Å². The highest BCUT2D eigenvalue weighted by Crippen LogP contribution is 2.17. The zero-order valence-electron chi connectivity index (χ0n) is 12.2. The van der Waals surface area contributed by atoms with Crippen molar-refractivity contribution in [2.75, 3.05) is 19.0 Å². The molecule has 0 spiro atoms. The second-order valence-electron chi connectivity index (χ2n) is 4.99. The number of nitrogens with zero attached hydrogens (tertiary/aromatic N) is 2. The average Bonchev–Trinajstić information content (AvgIpc) is 2.41. The molecule has 4 heteroatoms. The largest absolute Gasteiger partial charge is 0.355 e. The lowest BCUT2D eigenvalue weighted by molar-refractivity contribution is 0.808. The topological polar surface area (TPSA) is 28.2 Å². The highest BCUT2D eigenvalue weighted by atomic mass is 79.9. The second-order valence-corrected chi connectivity index (χ2v) is 5.90. The number of anilines is 1. The molecule has 0 aliphatic rings. The van der Waals surface area contributed by atoms with Crippen molar-refractivity contribution in [2.24, 2.45) is 0 Å². The maximum Gasteiger partial charge on any atom is 0.129 e. The molecular weight excluding hydrogens is 314 g/mol. The molecule has 0 saturated carbocycles. The Morgan fingerprint density at radius 2 is 1.85 bits per heavy atom. The van der Waals surface area contributed by atoms with Crippen LogP contribution < -0.4 is 10.2 Å². The quantitative estimate of drug-likeness (QED) is 0.907. The highest BCUT2D eigenvalue weighted by Gasteiger charge is 2.06. The fourth-order valence-electron chi connectivity index (χ4n) is 2.17. The first kappa shape index (κ1) is 15.0. The predicted octanol–water partition coefficient (Wildman–Crippen LogP) is 3.51. The van der Waals surface area contributed by atoms with Gasteiger partial charge < -0.3 is 10.2 Å². The summed E-state index contributed by atoms with van der Waals surface area (Å²) in [5.74, 6) is 1.01. The van der Waals surface area contributed by atoms with E-state index in [1.54, 1.807) is 0 Å². The third-order valence-corrected chi connectivity index (χ3v) is 3.63. The molecule has 0 amide bonds. The van der Waals surface area contributed by atoms with Gasteiger partial charge in [-0.2, -0.15) is 0 Å². The summed E-state index contributed by atoms with van der Waals surface area (Å²) in [4.78, 5) is 6.79. The van der Waals surface area contributed by atoms with E-state index >= 15 is 0 Å². The molecule has 1 aromatic heterocycles. The van der Waals surface area contributed by atoms with Gasteiger partial charge in [0.25, 0.3) is 0 Å². The van der Waals surface area contributed by atoms with Crippen LogP contribution in [0, 0.1) is 6.92 Å². The molecule has 0 fully saturated rings. The third-order valence-electron chi connectivity index (χ3n) is 3.10. The van der Waals surface area contributed by atoms with Gasteiger partial charge >= 0.3 is 0 Å². The van der Waals surface area contributed by atoms with Crippen molar-refractivity contribution >= 4 is 21.7 Å². The van der Waals surface area contributed by atoms with Crippen molar-refractivity contribution in [2.45, 2.75) is 20.0 Å². The van der Waals surface area contributed by atoms with Crippen molar-refractivity contribution < 1.29 is 0 Å². The molecule has 1 heterocycles. The minimum absolute atomic E-state index is 0.850. The summed E-state index contributed by atoms with van der Waals surface area (Å²) >= 11 is 3.46. The number of halogens is 1. The maximum atomic E-state index is 4.62. The van der Waals surface area contributed by atoms with E-state index in [0.717, 1.165) is 29.1 Å². The number of pyridine rings is 1. The minimum atomic E-state index is 0.850. The van der Waals surface area contributed by atoms with Gasteiger partial charge in [0.15, 0.2) is 0 Å². The molecule has 2 rings (SSSR count). The first-order valence-electron chi connectivity index (χ1n) is 6.66. The molecule has 0 bridgehead atoms. The lowest BCUT2D eigenvalue weighted by atomic mass is 10.2. The van der Waals surface area contributed by atoms with Crippen molar-refractivity contribution in [3.8, 4) is 0 Å². The minimum Gasteiger partial charge on any atom is -0.355 e. The summed E-state index contributed by atoms with van der Waals surface area (Å²) in [6.45, 7) is 3.75. The number of aryl methyl sites for hydroxylation is 1. The molecule has 2 aromatic rings. The lowest BCUT2D eigenvalue weighted by Gasteiger charge is -2.20. The Hall–Kier alpha value is -1.39. The number of benzene rings is 1. The molecule has 1 N–H and O–H groups in total. The van der Waals surface area contributed by atoms with Crippen LogP contribution in [0.1, 0.15) is 16.8 Å². The van der Waals surface area contributed by atoms with Gasteiger partial charge in [0.05, 0.1) is 0 Å². The Bertz CT molecular complexity index is 566. The Balaban J connectivity index is 2.15. The van der Waals surface area contributed by atoms with E-state index in [9.17, 15) is 0 Å². The van der Waals surface area contributed by atoms with E-state index in [4.69, 9.17) is 0 Å². The second kappa shape index (κ2) is 6.86. The lowest BCUT2D eigenvalue weighted by Crippen LogP contribution is -2.18. The first-order chi connectivity index (χ1) is 9.58. The van der Waals surface area contributed by atoms with Gasteiger partial charge in [-0.25, -0.2) is 4.98 Å². The summed E-state index contributed by atoms with van der Waals surface area (Å²) in [6, 6.07) is 12.7. The highest BCUT2D eigenvalue weighted by molar-refractivity contribution is 9.10. The molecule has 0 atom stereocenters. The van der Waals surface area contributed by atoms with Gasteiger partial charge in [0, 0.05) is 30.3 Å². The molecule has 3 nitrogen and oxygen atoms in total. The number of nitrogens with one attached hydrogen (secondary N) is 1. The Morgan fingerprint density at radius 3 is 2.50 bits per heavy atom. The van der Waals surface area contributed by atoms with Crippen molar-refractivity contribution in [1.29, 1.82) is 0 Å². The molecule has 106 valence electrons. The Morgan fingerprint density at radius 1 is 1.15 bits per heavy atom. The van der Waals surface area contributed by atoms with Crippen LogP contribution in [0.4, 0.5) is 5.82 Å². The van der Waals surface area contributed by atoms with Crippen LogP contribution in [0.15, 0.2) is 40.9 Å². The van der Waals surface area contributed by atoms with E-state index in [0.29, 0.717) is 0 Å². The van der Waals surface area contributed by atoms with Crippen LogP contribution in [0.5, 0.6) is 0 Å². The van der Waals surface area contributed by atoms with Gasteiger partial charge in [-0.1, -0.05) is 28.1 Å². The molecule has 1 aromatic carbocycles. The Labute approximate surface area is 129 Å². The standard InChI is InChI=1S/C16H20BrN3/c1-12-8-14(10-18-2)9-16(19-12)20(3)11-13-4-6-15(17)7-5-13/h4-9,18H,10-11H2,1-3H3. The van der Waals surface area contributed by atoms with Gasteiger partial charge in [-0.05, 0) is 49.4 Å². The van der Waals surface area contributed by atoms with E-state index in [-0.39, 0.29) is 0 Å². The van der Waals surface area contributed by atoms with Crippen molar-refractivity contribution in [3.63, 3.8) is 0 Å². The average molecular weight is 334 g/mol. The normalized spacial score (nSPS) is 10.6. The number of hydrogen-bond donors (Lipinski definition) is 1. The van der Waals surface area contributed by atoms with E-state index in [1.165, 1.54) is 11.1 Å². The van der Waals surface area contributed by atoms with Crippen molar-refractivity contribution in [3.05, 3.63) is 57.7 Å². The summed E-state index contributed by atoms with van der Waals surface area (Å²) in [7, 11) is 4.04. The molecule has 0 aliphatic carbocycles. The summed E-state index contributed by atoms with van der Waals surface area (Å²) < 4.78 is 1.11. The van der Waals surface area contributed by atoms with E-state index in [2.05, 4.69) is 74.6 Å². The Kier molecular flexibility index (Phi) is 5.15. The number of rotatable bonds is 5. The van der Waals surface area contributed by atoms with Crippen LogP contribution >= 0.6 is 15.9 Å². The van der Waals surface area contributed by atoms with E-state index in [1.807, 2.05) is 14.0 Å². The van der Waals surface area contributed by atoms with Gasteiger partial charge in [-0.3, -0.25) is 0 Å². The SMILES string of the molecule is CNCc1cc(C)nc(N(C)Cc2ccc(Br)cc2)c1. The molecule has 20 heavy (non-hydrogen) atoms. The number of hydrogen-bond acceptors (Lipinski definition) is 3. The zero-order valence-corrected chi connectivity index (χ0v) is 13.7. The van der Waals surface area contributed by atoms with Crippen LogP contribution in [0.25, 0.3) is 0 Å². The molecule has 0 aliphatic heterocycles. The fourth-order valence-corrected chi connectivity index (χ4v) is 2.43. The maximum absolute atomic E-state index is 4.62. The smallest absolute Gasteiger partial charge is 0.129 e.